The number of hydrogen-bond acceptors (Lipinski definition) is 5. The zero-order valence-electron chi connectivity index (χ0n) is 14.8. The summed E-state index contributed by atoms with van der Waals surface area (Å²) in [6, 6.07) is 15.7. The molecular weight excluding hydrogens is 622 g/mol. The molecule has 0 spiro atoms. The lowest BCUT2D eigenvalue weighted by Gasteiger charge is -2.05. The van der Waals surface area contributed by atoms with E-state index in [1.165, 1.54) is 23.5 Å². The topological polar surface area (TPSA) is 34.1 Å². The molecule has 0 heterocycles. The molecular formula is C20H18I2O2S3. The van der Waals surface area contributed by atoms with Crippen molar-refractivity contribution in [1.82, 2.24) is 0 Å². The summed E-state index contributed by atoms with van der Waals surface area (Å²) in [4.78, 5) is 27.3. The highest BCUT2D eigenvalue weighted by Gasteiger charge is 2.07. The van der Waals surface area contributed by atoms with Gasteiger partial charge in [-0.05, 0) is 97.0 Å². The first kappa shape index (κ1) is 24.8. The molecule has 142 valence electrons. The van der Waals surface area contributed by atoms with E-state index >= 15 is 0 Å². The van der Waals surface area contributed by atoms with E-state index in [4.69, 9.17) is 0 Å². The summed E-state index contributed by atoms with van der Waals surface area (Å²) in [5, 5.41) is -0.0319. The number of thioether (sulfide) groups is 2. The second kappa shape index (κ2) is 13.1. The van der Waals surface area contributed by atoms with E-state index in [0.717, 1.165) is 19.6 Å². The maximum absolute atomic E-state index is 11.7. The Hall–Kier alpha value is -0.230. The number of hydrogen-bond donors (Lipinski definition) is 0. The number of carbonyl (C=O) groups excluding carboxylic acids is 2. The van der Waals surface area contributed by atoms with Crippen molar-refractivity contribution in [2.24, 2.45) is 0 Å². The van der Waals surface area contributed by atoms with Crippen LogP contribution in [0.2, 0.25) is 0 Å². The molecule has 2 rings (SSSR count). The Bertz CT molecular complexity index is 747. The minimum Gasteiger partial charge on any atom is -0.282 e. The van der Waals surface area contributed by atoms with Crippen LogP contribution in [0.4, 0.5) is 0 Å². The van der Waals surface area contributed by atoms with Crippen molar-refractivity contribution in [2.45, 2.75) is 33.4 Å². The van der Waals surface area contributed by atoms with Crippen LogP contribution in [0.3, 0.4) is 0 Å². The van der Waals surface area contributed by atoms with Crippen LogP contribution < -0.4 is 0 Å². The summed E-state index contributed by atoms with van der Waals surface area (Å²) >= 11 is 8.25. The zero-order valence-corrected chi connectivity index (χ0v) is 21.6. The van der Waals surface area contributed by atoms with Crippen LogP contribution >= 0.6 is 72.5 Å². The highest BCUT2D eigenvalue weighted by atomic mass is 128. The van der Waals surface area contributed by atoms with E-state index < -0.39 is 0 Å². The van der Waals surface area contributed by atoms with Gasteiger partial charge in [-0.1, -0.05) is 24.9 Å². The van der Waals surface area contributed by atoms with Crippen LogP contribution in [0.5, 0.6) is 0 Å². The van der Waals surface area contributed by atoms with Crippen LogP contribution in [-0.4, -0.2) is 10.2 Å². The molecule has 0 saturated heterocycles. The third-order valence-electron chi connectivity index (χ3n) is 3.00. The molecule has 0 unspecified atom stereocenters. The van der Waals surface area contributed by atoms with Crippen LogP contribution in [0, 0.1) is 0 Å². The third kappa shape index (κ3) is 9.21. The lowest BCUT2D eigenvalue weighted by Crippen LogP contribution is -1.90. The third-order valence-corrected chi connectivity index (χ3v) is 6.10. The molecule has 0 N–H and O–H groups in total. The highest BCUT2D eigenvalue weighted by molar-refractivity contribution is 15.0. The predicted molar refractivity (Wildman–Crippen MR) is 136 cm³/mol. The van der Waals surface area contributed by atoms with E-state index in [1.54, 1.807) is 25.6 Å². The van der Waals surface area contributed by atoms with Crippen LogP contribution in [0.1, 0.15) is 13.8 Å². The summed E-state index contributed by atoms with van der Waals surface area (Å²) in [7, 11) is 0. The zero-order chi connectivity index (χ0) is 20.4. The number of carbonyl (C=O) groups is 2. The molecule has 2 nitrogen and oxygen atoms in total. The van der Waals surface area contributed by atoms with Crippen LogP contribution in [0.15, 0.2) is 92.4 Å². The Kier molecular flexibility index (Phi) is 12.0. The van der Waals surface area contributed by atoms with E-state index in [2.05, 4.69) is 50.4 Å². The van der Waals surface area contributed by atoms with Gasteiger partial charge in [-0.25, -0.2) is 0 Å². The average Bonchev–Trinajstić information content (AvgIpc) is 2.66. The second-order valence-corrected chi connectivity index (χ2v) is 8.62. The first-order chi connectivity index (χ1) is 12.8. The molecule has 0 bridgehead atoms. The molecule has 0 aromatic heterocycles. The Balaban J connectivity index is 0.00000176. The molecule has 2 aromatic carbocycles. The standard InChI is InChI=1S/C20H18O2S3.I2/c1-13(2)19(21)24-17-9-5-15(6-10-17)23-16-7-11-18(12-8-16)25-20(22)14(3)4;1-2/h5-12H,1,3H2,2,4H3;. The molecule has 7 heteroatoms. The van der Waals surface area contributed by atoms with Gasteiger partial charge in [-0.2, -0.15) is 0 Å². The molecule has 2 aromatic rings. The highest BCUT2D eigenvalue weighted by Crippen LogP contribution is 2.32. The Morgan fingerprint density at radius 3 is 1.19 bits per heavy atom. The normalized spacial score (nSPS) is 9.78. The lowest BCUT2D eigenvalue weighted by molar-refractivity contribution is -0.108. The Labute approximate surface area is 196 Å². The number of halogens is 2. The minimum atomic E-state index is -0.0159. The van der Waals surface area contributed by atoms with Crippen molar-refractivity contribution in [3.05, 3.63) is 72.8 Å². The van der Waals surface area contributed by atoms with Crippen molar-refractivity contribution in [1.29, 1.82) is 0 Å². The smallest absolute Gasteiger partial charge is 0.219 e. The first-order valence-corrected chi connectivity index (χ1v) is 16.4. The van der Waals surface area contributed by atoms with Gasteiger partial charge >= 0.3 is 0 Å². The van der Waals surface area contributed by atoms with Gasteiger partial charge in [0.25, 0.3) is 0 Å². The second-order valence-electron chi connectivity index (χ2n) is 5.38. The molecule has 0 atom stereocenters. The lowest BCUT2D eigenvalue weighted by atomic mass is 10.4. The molecule has 0 radical (unpaired) electrons. The molecule has 0 aliphatic heterocycles. The summed E-state index contributed by atoms with van der Waals surface area (Å²) in [6.45, 7) is 10.7. The predicted octanol–water partition coefficient (Wildman–Crippen LogP) is 8.00. The quantitative estimate of drug-likeness (QED) is 0.182. The molecule has 0 fully saturated rings. The summed E-state index contributed by atoms with van der Waals surface area (Å²) in [5.74, 6) is 0. The molecule has 0 aliphatic carbocycles. The Morgan fingerprint density at radius 2 is 0.926 bits per heavy atom. The fourth-order valence-electron chi connectivity index (χ4n) is 1.68. The van der Waals surface area contributed by atoms with E-state index in [0.29, 0.717) is 11.1 Å². The first-order valence-electron chi connectivity index (χ1n) is 7.63. The van der Waals surface area contributed by atoms with Crippen LogP contribution in [-0.2, 0) is 9.59 Å². The largest absolute Gasteiger partial charge is 0.282 e. The van der Waals surface area contributed by atoms with Crippen molar-refractivity contribution >= 4 is 82.7 Å². The van der Waals surface area contributed by atoms with Crippen LogP contribution in [0.25, 0.3) is 0 Å². The molecule has 0 saturated carbocycles. The van der Waals surface area contributed by atoms with Crippen molar-refractivity contribution < 1.29 is 9.59 Å². The maximum atomic E-state index is 11.7. The van der Waals surface area contributed by atoms with Crippen molar-refractivity contribution in [3.8, 4) is 0 Å². The van der Waals surface area contributed by atoms with Crippen molar-refractivity contribution in [2.75, 3.05) is 0 Å². The van der Waals surface area contributed by atoms with E-state index in [9.17, 15) is 9.59 Å². The molecule has 27 heavy (non-hydrogen) atoms. The van der Waals surface area contributed by atoms with Gasteiger partial charge in [0.2, 0.25) is 10.2 Å². The van der Waals surface area contributed by atoms with Gasteiger partial charge in [0.05, 0.1) is 0 Å². The fourth-order valence-corrected chi connectivity index (χ4v) is 3.81. The number of benzene rings is 2. The Morgan fingerprint density at radius 1 is 0.667 bits per heavy atom. The van der Waals surface area contributed by atoms with Gasteiger partial charge < -0.3 is 0 Å². The molecule has 0 amide bonds. The summed E-state index contributed by atoms with van der Waals surface area (Å²) in [5.41, 5.74) is 1.10. The fraction of sp³-hybridized carbons (Fsp3) is 0.100. The van der Waals surface area contributed by atoms with E-state index in [-0.39, 0.29) is 10.2 Å². The average molecular weight is 640 g/mol. The van der Waals surface area contributed by atoms with Gasteiger partial charge in [0, 0.05) is 56.8 Å². The van der Waals surface area contributed by atoms with Gasteiger partial charge in [-0.3, -0.25) is 9.59 Å². The van der Waals surface area contributed by atoms with E-state index in [1.807, 2.05) is 48.5 Å². The summed E-state index contributed by atoms with van der Waals surface area (Å²) in [6.07, 6.45) is 0. The van der Waals surface area contributed by atoms with Gasteiger partial charge in [0.15, 0.2) is 0 Å². The van der Waals surface area contributed by atoms with Gasteiger partial charge in [-0.15, -0.1) is 0 Å². The molecule has 0 aliphatic rings. The monoisotopic (exact) mass is 640 g/mol. The summed E-state index contributed by atoms with van der Waals surface area (Å²) < 4.78 is 0. The SMILES string of the molecule is C=C(C)C(=O)Sc1ccc(Sc2ccc(SC(=O)C(=C)C)cc2)cc1.II. The number of rotatable bonds is 6. The minimum absolute atomic E-state index is 0.0159. The van der Waals surface area contributed by atoms with Crippen molar-refractivity contribution in [3.63, 3.8) is 0 Å². The van der Waals surface area contributed by atoms with Gasteiger partial charge in [0.1, 0.15) is 0 Å². The maximum Gasteiger partial charge on any atom is 0.219 e.